The molecule has 1 unspecified atom stereocenters. The number of rotatable bonds is 11. The van der Waals surface area contributed by atoms with E-state index in [4.69, 9.17) is 0 Å². The smallest absolute Gasteiger partial charge is 0.0133 e. The number of allylic oxidation sites excluding steroid dienone is 2. The lowest BCUT2D eigenvalue weighted by Gasteiger charge is -2.31. The largest absolute Gasteiger partial charge is 0.0959 e. The molecule has 0 aliphatic heterocycles. The molecule has 0 saturated heterocycles. The Bertz CT molecular complexity index is 937. The van der Waals surface area contributed by atoms with Crippen LogP contribution in [-0.2, 0) is 6.42 Å². The van der Waals surface area contributed by atoms with Gasteiger partial charge in [0.25, 0.3) is 0 Å². The van der Waals surface area contributed by atoms with Crippen LogP contribution in [0.2, 0.25) is 0 Å². The van der Waals surface area contributed by atoms with E-state index in [2.05, 4.69) is 90.2 Å². The second kappa shape index (κ2) is 12.6. The minimum atomic E-state index is 0.577. The fraction of sp³-hybridized carbons (Fsp3) is 0.529. The summed E-state index contributed by atoms with van der Waals surface area (Å²) in [6, 6.07) is 16.4. The van der Waals surface area contributed by atoms with Crippen LogP contribution in [0, 0.1) is 24.7 Å². The van der Waals surface area contributed by atoms with Crippen molar-refractivity contribution < 1.29 is 0 Å². The van der Waals surface area contributed by atoms with Crippen LogP contribution in [0.1, 0.15) is 102 Å². The third kappa shape index (κ3) is 6.97. The molecule has 184 valence electrons. The molecule has 0 heteroatoms. The van der Waals surface area contributed by atoms with Gasteiger partial charge in [0.15, 0.2) is 0 Å². The van der Waals surface area contributed by atoms with Crippen LogP contribution < -0.4 is 0 Å². The molecule has 0 aromatic heterocycles. The van der Waals surface area contributed by atoms with Gasteiger partial charge in [-0.2, -0.15) is 0 Å². The van der Waals surface area contributed by atoms with Crippen molar-refractivity contribution in [2.24, 2.45) is 17.8 Å². The summed E-state index contributed by atoms with van der Waals surface area (Å²) in [6.07, 6.45) is 11.9. The Morgan fingerprint density at radius 1 is 0.912 bits per heavy atom. The average molecular weight is 457 g/mol. The molecule has 0 amide bonds. The van der Waals surface area contributed by atoms with Gasteiger partial charge in [-0.15, -0.1) is 0 Å². The van der Waals surface area contributed by atoms with Crippen molar-refractivity contribution in [1.29, 1.82) is 0 Å². The van der Waals surface area contributed by atoms with E-state index in [-0.39, 0.29) is 0 Å². The molecular weight excluding hydrogens is 408 g/mol. The molecule has 0 nitrogen and oxygen atoms in total. The summed E-state index contributed by atoms with van der Waals surface area (Å²) in [5, 5.41) is 0. The highest BCUT2D eigenvalue weighted by atomic mass is 14.3. The first-order valence-corrected chi connectivity index (χ1v) is 13.9. The molecule has 0 bridgehead atoms. The van der Waals surface area contributed by atoms with Gasteiger partial charge in [-0.05, 0) is 91.0 Å². The first kappa shape index (κ1) is 26.5. The van der Waals surface area contributed by atoms with E-state index in [1.807, 2.05) is 0 Å². The second-order valence-electron chi connectivity index (χ2n) is 11.2. The summed E-state index contributed by atoms with van der Waals surface area (Å²) in [5.74, 6) is 3.06. The Morgan fingerprint density at radius 2 is 1.53 bits per heavy atom. The third-order valence-electron chi connectivity index (χ3n) is 8.68. The molecule has 1 saturated carbocycles. The van der Waals surface area contributed by atoms with Gasteiger partial charge in [-0.1, -0.05) is 120 Å². The summed E-state index contributed by atoms with van der Waals surface area (Å²) >= 11 is 0. The lowest BCUT2D eigenvalue weighted by molar-refractivity contribution is 0.245. The number of hydrogen-bond donors (Lipinski definition) is 0. The van der Waals surface area contributed by atoms with Crippen LogP contribution in [0.3, 0.4) is 0 Å². The molecule has 1 aliphatic carbocycles. The molecule has 2 atom stereocenters. The lowest BCUT2D eigenvalue weighted by Crippen LogP contribution is -2.17. The summed E-state index contributed by atoms with van der Waals surface area (Å²) in [6.45, 7) is 19.8. The Balaban J connectivity index is 1.75. The van der Waals surface area contributed by atoms with Crippen molar-refractivity contribution in [3.8, 4) is 11.1 Å². The number of hydrogen-bond acceptors (Lipinski definition) is 0. The highest BCUT2D eigenvalue weighted by Crippen LogP contribution is 2.39. The van der Waals surface area contributed by atoms with Gasteiger partial charge in [0.2, 0.25) is 0 Å². The van der Waals surface area contributed by atoms with Crippen molar-refractivity contribution in [2.45, 2.75) is 98.3 Å². The lowest BCUT2D eigenvalue weighted by atomic mass is 9.74. The van der Waals surface area contributed by atoms with Gasteiger partial charge in [-0.3, -0.25) is 0 Å². The van der Waals surface area contributed by atoms with Crippen molar-refractivity contribution in [3.05, 3.63) is 83.5 Å². The normalized spacial score (nSPS) is 20.0. The maximum atomic E-state index is 4.31. The molecular formula is C34H48. The van der Waals surface area contributed by atoms with Crippen LogP contribution in [0.4, 0.5) is 0 Å². The number of benzene rings is 2. The van der Waals surface area contributed by atoms with Gasteiger partial charge in [0.05, 0.1) is 0 Å². The summed E-state index contributed by atoms with van der Waals surface area (Å²) in [5.41, 5.74) is 9.33. The van der Waals surface area contributed by atoms with E-state index in [1.165, 1.54) is 78.3 Å². The molecule has 2 aromatic carbocycles. The topological polar surface area (TPSA) is 0 Å². The molecule has 3 rings (SSSR count). The maximum Gasteiger partial charge on any atom is -0.0133 e. The standard InChI is InChI=1S/C34H48/c1-8-28-10-12-29(13-11-28)14-21-34(27(7)22-25(5)24(3)4)32-18-16-31(17-19-32)33-20-15-30(9-2)26(6)23-33/h15-20,23,27-29,34H,3,5,8-14,21-22H2,1-2,4,6-7H3/t27?,28?,29?,34-/m0/s1. The van der Waals surface area contributed by atoms with E-state index < -0.39 is 0 Å². The average Bonchev–Trinajstić information content (AvgIpc) is 2.84. The Hall–Kier alpha value is -2.08. The first-order valence-electron chi connectivity index (χ1n) is 13.9. The van der Waals surface area contributed by atoms with E-state index in [9.17, 15) is 0 Å². The highest BCUT2D eigenvalue weighted by molar-refractivity contribution is 5.65. The molecule has 0 N–H and O–H groups in total. The minimum absolute atomic E-state index is 0.577. The Labute approximate surface area is 210 Å². The minimum Gasteiger partial charge on any atom is -0.0959 e. The van der Waals surface area contributed by atoms with Crippen LogP contribution in [0.15, 0.2) is 66.8 Å². The van der Waals surface area contributed by atoms with Crippen molar-refractivity contribution in [1.82, 2.24) is 0 Å². The Morgan fingerprint density at radius 3 is 2.09 bits per heavy atom. The van der Waals surface area contributed by atoms with E-state index in [0.717, 1.165) is 30.3 Å². The summed E-state index contributed by atoms with van der Waals surface area (Å²) in [7, 11) is 0. The zero-order valence-electron chi connectivity index (χ0n) is 22.6. The fourth-order valence-electron chi connectivity index (χ4n) is 6.02. The molecule has 0 spiro atoms. The zero-order valence-corrected chi connectivity index (χ0v) is 22.6. The molecule has 34 heavy (non-hydrogen) atoms. The second-order valence-corrected chi connectivity index (χ2v) is 11.2. The monoisotopic (exact) mass is 456 g/mol. The van der Waals surface area contributed by atoms with Gasteiger partial charge < -0.3 is 0 Å². The Kier molecular flexibility index (Phi) is 9.81. The molecule has 0 heterocycles. The molecule has 1 fully saturated rings. The van der Waals surface area contributed by atoms with Crippen molar-refractivity contribution in [2.75, 3.05) is 0 Å². The van der Waals surface area contributed by atoms with E-state index >= 15 is 0 Å². The first-order chi connectivity index (χ1) is 16.3. The fourth-order valence-corrected chi connectivity index (χ4v) is 6.02. The number of aryl methyl sites for hydroxylation is 2. The SMILES string of the molecule is C=C(C)C(=C)CC(C)[C@H](CCC1CCC(CC)CC1)c1ccc(-c2ccc(CC)c(C)c2)cc1. The highest BCUT2D eigenvalue weighted by Gasteiger charge is 2.25. The zero-order chi connectivity index (χ0) is 24.7. The van der Waals surface area contributed by atoms with Crippen molar-refractivity contribution in [3.63, 3.8) is 0 Å². The summed E-state index contributed by atoms with van der Waals surface area (Å²) < 4.78 is 0. The predicted molar refractivity (Wildman–Crippen MR) is 151 cm³/mol. The van der Waals surface area contributed by atoms with Crippen molar-refractivity contribution >= 4 is 0 Å². The third-order valence-corrected chi connectivity index (χ3v) is 8.68. The van der Waals surface area contributed by atoms with E-state index in [0.29, 0.717) is 11.8 Å². The predicted octanol–water partition coefficient (Wildman–Crippen LogP) is 10.5. The molecule has 1 aliphatic rings. The molecule has 2 aromatic rings. The van der Waals surface area contributed by atoms with Crippen LogP contribution >= 0.6 is 0 Å². The van der Waals surface area contributed by atoms with Gasteiger partial charge in [0.1, 0.15) is 0 Å². The van der Waals surface area contributed by atoms with Gasteiger partial charge in [0, 0.05) is 0 Å². The van der Waals surface area contributed by atoms with Gasteiger partial charge >= 0.3 is 0 Å². The quantitative estimate of drug-likeness (QED) is 0.295. The molecule has 0 radical (unpaired) electrons. The van der Waals surface area contributed by atoms with Crippen LogP contribution in [-0.4, -0.2) is 0 Å². The maximum absolute atomic E-state index is 4.31. The van der Waals surface area contributed by atoms with Crippen LogP contribution in [0.5, 0.6) is 0 Å². The van der Waals surface area contributed by atoms with Gasteiger partial charge in [-0.25, -0.2) is 0 Å². The van der Waals surface area contributed by atoms with E-state index in [1.54, 1.807) is 0 Å². The van der Waals surface area contributed by atoms with Crippen LogP contribution in [0.25, 0.3) is 11.1 Å². The summed E-state index contributed by atoms with van der Waals surface area (Å²) in [4.78, 5) is 0.